The van der Waals surface area contributed by atoms with E-state index in [1.54, 1.807) is 24.3 Å². The lowest BCUT2D eigenvalue weighted by molar-refractivity contribution is 0.0981. The van der Waals surface area contributed by atoms with Gasteiger partial charge in [-0.1, -0.05) is 32.9 Å². The Bertz CT molecular complexity index is 1670. The average Bonchev–Trinajstić information content (AvgIpc) is 3.26. The molecule has 2 atom stereocenters. The number of rotatable bonds is 3. The topological polar surface area (TPSA) is 141 Å². The van der Waals surface area contributed by atoms with Gasteiger partial charge >= 0.3 is 0 Å². The largest absolute Gasteiger partial charge is 0.362 e. The van der Waals surface area contributed by atoms with Gasteiger partial charge in [0.25, 0.3) is 15.9 Å². The van der Waals surface area contributed by atoms with Gasteiger partial charge in [0.15, 0.2) is 5.03 Å². The average molecular weight is 602 g/mol. The smallest absolute Gasteiger partial charge is 0.281 e. The molecule has 0 aromatic carbocycles. The monoisotopic (exact) mass is 601 g/mol. The first-order valence-electron chi connectivity index (χ1n) is 14.7. The number of carbonyl (C=O) groups is 1. The minimum Gasteiger partial charge on any atom is -0.362 e. The molecule has 1 fully saturated rings. The third kappa shape index (κ3) is 6.64. The summed E-state index contributed by atoms with van der Waals surface area (Å²) >= 11 is 0. The van der Waals surface area contributed by atoms with Crippen LogP contribution in [-0.4, -0.2) is 41.4 Å². The van der Waals surface area contributed by atoms with Crippen LogP contribution in [0.5, 0.6) is 0 Å². The third-order valence-electron chi connectivity index (χ3n) is 8.19. The summed E-state index contributed by atoms with van der Waals surface area (Å²) in [6.07, 6.45) is 3.39. The lowest BCUT2D eigenvalue weighted by atomic mass is 9.90. The summed E-state index contributed by atoms with van der Waals surface area (Å²) in [6, 6.07) is 15.9. The van der Waals surface area contributed by atoms with E-state index in [9.17, 15) is 13.2 Å². The van der Waals surface area contributed by atoms with E-state index in [1.165, 1.54) is 6.07 Å². The van der Waals surface area contributed by atoms with E-state index in [2.05, 4.69) is 60.6 Å². The van der Waals surface area contributed by atoms with Gasteiger partial charge in [0.05, 0.1) is 23.4 Å². The van der Waals surface area contributed by atoms with Crippen LogP contribution < -0.4 is 14.9 Å². The number of nitrogens with one attached hydrogen (secondary N) is 2. The second-order valence-corrected chi connectivity index (χ2v) is 14.7. The molecular weight excluding hydrogens is 562 g/mol. The zero-order chi connectivity index (χ0) is 31.0. The Kier molecular flexibility index (Phi) is 8.18. The van der Waals surface area contributed by atoms with Crippen molar-refractivity contribution in [2.24, 2.45) is 5.92 Å². The van der Waals surface area contributed by atoms with Crippen molar-refractivity contribution < 1.29 is 13.2 Å². The van der Waals surface area contributed by atoms with Gasteiger partial charge in [-0.2, -0.15) is 13.7 Å². The molecule has 226 valence electrons. The van der Waals surface area contributed by atoms with E-state index in [-0.39, 0.29) is 27.6 Å². The molecule has 5 heterocycles. The number of aryl methyl sites for hydroxylation is 1. The Morgan fingerprint density at radius 1 is 1.05 bits per heavy atom. The molecule has 0 unspecified atom stereocenters. The van der Waals surface area contributed by atoms with Crippen LogP contribution in [-0.2, 0) is 21.9 Å². The summed E-state index contributed by atoms with van der Waals surface area (Å²) in [7, 11) is -4.29. The van der Waals surface area contributed by atoms with Crippen molar-refractivity contribution in [3.63, 3.8) is 0 Å². The van der Waals surface area contributed by atoms with Crippen LogP contribution in [0.3, 0.4) is 0 Å². The summed E-state index contributed by atoms with van der Waals surface area (Å²) in [6.45, 7) is 11.1. The summed E-state index contributed by atoms with van der Waals surface area (Å²) in [5.74, 6) is 0.411. The summed E-state index contributed by atoms with van der Waals surface area (Å²) in [5.41, 5.74) is 2.08. The van der Waals surface area contributed by atoms with Gasteiger partial charge in [0, 0.05) is 41.7 Å². The van der Waals surface area contributed by atoms with E-state index < -0.39 is 15.9 Å². The highest BCUT2D eigenvalue weighted by Crippen LogP contribution is 2.41. The van der Waals surface area contributed by atoms with Gasteiger partial charge in [-0.25, -0.2) is 14.7 Å². The predicted octanol–water partition coefficient (Wildman–Crippen LogP) is 5.30. The molecule has 4 bridgehead atoms. The molecule has 1 amide bonds. The van der Waals surface area contributed by atoms with Crippen LogP contribution in [0.1, 0.15) is 93.8 Å². The number of anilines is 2. The van der Waals surface area contributed by atoms with Gasteiger partial charge in [0.1, 0.15) is 11.6 Å². The zero-order valence-electron chi connectivity index (χ0n) is 25.4. The van der Waals surface area contributed by atoms with Crippen LogP contribution in [0.15, 0.2) is 53.6 Å². The van der Waals surface area contributed by atoms with Crippen LogP contribution in [0, 0.1) is 17.2 Å². The highest BCUT2D eigenvalue weighted by Gasteiger charge is 2.41. The summed E-state index contributed by atoms with van der Waals surface area (Å²) < 4.78 is 29.1. The fourth-order valence-corrected chi connectivity index (χ4v) is 6.90. The number of nitrogens with zero attached hydrogens (tertiary/aromatic N) is 5. The number of aromatic nitrogens is 3. The van der Waals surface area contributed by atoms with Crippen molar-refractivity contribution >= 4 is 27.6 Å². The number of hydrogen-bond acceptors (Lipinski definition) is 9. The number of fused-ring (bicyclic) bond motifs is 6. The van der Waals surface area contributed by atoms with Gasteiger partial charge in [0.2, 0.25) is 0 Å². The first-order chi connectivity index (χ1) is 20.3. The van der Waals surface area contributed by atoms with E-state index in [0.717, 1.165) is 36.3 Å². The molecule has 1 saturated heterocycles. The number of hydrogen-bond donors (Lipinski definition) is 2. The van der Waals surface area contributed by atoms with Crippen molar-refractivity contribution in [1.29, 1.82) is 5.26 Å². The van der Waals surface area contributed by atoms with E-state index in [0.29, 0.717) is 36.9 Å². The normalized spacial score (nSPS) is 21.4. The predicted molar refractivity (Wildman–Crippen MR) is 165 cm³/mol. The van der Waals surface area contributed by atoms with Crippen molar-refractivity contribution in [1.82, 2.24) is 19.7 Å². The number of amides is 1. The molecule has 0 radical (unpaired) electrons. The molecule has 2 aliphatic heterocycles. The molecule has 0 spiro atoms. The van der Waals surface area contributed by atoms with Gasteiger partial charge in [-0.05, 0) is 75.4 Å². The standard InChI is InChI=1S/C32H39N7O3S/c1-31(2,3)26-17-15-23-29(36-26)39-20-21(19-32(39,4)5)14-16-25(24-11-6-9-22(34-24)10-8-18-33)35-27-12-7-13-28(37-27)43(41,42)38-30(23)40/h6-7,9,11-13,15,17,21,25H,8,10,14,16,19-20H2,1-5H3,(H,35,37)(H,38,40)/t21-,25+/m0/s1. The molecule has 10 nitrogen and oxygen atoms in total. The fourth-order valence-electron chi connectivity index (χ4n) is 5.97. The van der Waals surface area contributed by atoms with Crippen LogP contribution in [0.2, 0.25) is 0 Å². The molecule has 3 aromatic heterocycles. The minimum atomic E-state index is -4.29. The Morgan fingerprint density at radius 3 is 2.56 bits per heavy atom. The van der Waals surface area contributed by atoms with Crippen LogP contribution in [0.25, 0.3) is 0 Å². The quantitative estimate of drug-likeness (QED) is 0.409. The molecular formula is C32H39N7O3S. The summed E-state index contributed by atoms with van der Waals surface area (Å²) in [4.78, 5) is 30.0. The lowest BCUT2D eigenvalue weighted by Gasteiger charge is -2.34. The number of carbonyl (C=O) groups excluding carboxylic acids is 1. The van der Waals surface area contributed by atoms with Crippen molar-refractivity contribution in [3.8, 4) is 6.07 Å². The highest BCUT2D eigenvalue weighted by atomic mass is 32.2. The first-order valence-corrected chi connectivity index (χ1v) is 16.2. The Labute approximate surface area is 254 Å². The lowest BCUT2D eigenvalue weighted by Crippen LogP contribution is -2.41. The number of pyridine rings is 3. The molecule has 0 saturated carbocycles. The second kappa shape index (κ2) is 11.6. The maximum atomic E-state index is 13.6. The summed E-state index contributed by atoms with van der Waals surface area (Å²) in [5, 5.41) is 12.2. The maximum absolute atomic E-state index is 13.6. The Hall–Kier alpha value is -4.04. The number of sulfonamides is 1. The highest BCUT2D eigenvalue weighted by molar-refractivity contribution is 7.90. The van der Waals surface area contributed by atoms with Gasteiger partial charge in [-0.15, -0.1) is 0 Å². The van der Waals surface area contributed by atoms with Crippen molar-refractivity contribution in [3.05, 3.63) is 71.2 Å². The first kappa shape index (κ1) is 30.4. The maximum Gasteiger partial charge on any atom is 0.281 e. The fraction of sp³-hybridized carbons (Fsp3) is 0.469. The Balaban J connectivity index is 1.60. The van der Waals surface area contributed by atoms with E-state index in [1.807, 2.05) is 18.2 Å². The van der Waals surface area contributed by atoms with Crippen LogP contribution >= 0.6 is 0 Å². The van der Waals surface area contributed by atoms with E-state index in [4.69, 9.17) is 15.2 Å². The molecule has 11 heteroatoms. The van der Waals surface area contributed by atoms with Gasteiger partial charge in [-0.3, -0.25) is 9.78 Å². The molecule has 43 heavy (non-hydrogen) atoms. The molecule has 2 N–H and O–H groups in total. The molecule has 3 aromatic rings. The minimum absolute atomic E-state index is 0.214. The third-order valence-corrected chi connectivity index (χ3v) is 9.43. The van der Waals surface area contributed by atoms with Gasteiger partial charge < -0.3 is 10.2 Å². The molecule has 0 aliphatic carbocycles. The molecule has 5 rings (SSSR count). The SMILES string of the molecule is CC(C)(C)c1ccc2c(n1)N1C[C@@H](CC[C@H](c3cccc(CCC#N)n3)Nc3cccc(n3)S(=O)(=O)NC2=O)CC1(C)C. The van der Waals surface area contributed by atoms with Crippen molar-refractivity contribution in [2.75, 3.05) is 16.8 Å². The second-order valence-electron chi connectivity index (χ2n) is 13.1. The number of nitriles is 1. The van der Waals surface area contributed by atoms with Crippen molar-refractivity contribution in [2.45, 2.75) is 88.7 Å². The Morgan fingerprint density at radius 2 is 1.81 bits per heavy atom. The zero-order valence-corrected chi connectivity index (χ0v) is 26.2. The molecule has 2 aliphatic rings. The van der Waals surface area contributed by atoms with Crippen LogP contribution in [0.4, 0.5) is 11.6 Å². The van der Waals surface area contributed by atoms with E-state index >= 15 is 0 Å².